The van der Waals surface area contributed by atoms with E-state index in [0.717, 1.165) is 22.3 Å². The molecular formula is C46H50N6O11. The van der Waals surface area contributed by atoms with E-state index < -0.39 is 65.0 Å². The summed E-state index contributed by atoms with van der Waals surface area (Å²) < 4.78 is 15.7. The van der Waals surface area contributed by atoms with E-state index >= 15 is 0 Å². The number of benzene rings is 4. The molecule has 0 saturated carbocycles. The van der Waals surface area contributed by atoms with E-state index in [4.69, 9.17) is 14.2 Å². The highest BCUT2D eigenvalue weighted by Gasteiger charge is 2.43. The van der Waals surface area contributed by atoms with Gasteiger partial charge in [0.2, 0.25) is 23.6 Å². The van der Waals surface area contributed by atoms with Crippen LogP contribution < -0.4 is 26.0 Å². The number of hydrogen-bond donors (Lipinski definition) is 4. The number of amides is 5. The van der Waals surface area contributed by atoms with Crippen molar-refractivity contribution in [1.29, 1.82) is 0 Å². The normalized spacial score (nSPS) is 16.3. The van der Waals surface area contributed by atoms with Gasteiger partial charge in [-0.1, -0.05) is 74.5 Å². The van der Waals surface area contributed by atoms with Crippen molar-refractivity contribution in [3.05, 3.63) is 124 Å². The molecule has 17 nitrogen and oxygen atoms in total. The number of likely N-dealkylation sites (tertiary alicyclic amines) is 1. The van der Waals surface area contributed by atoms with E-state index in [1.54, 1.807) is 38.1 Å². The Morgan fingerprint density at radius 1 is 0.841 bits per heavy atom. The summed E-state index contributed by atoms with van der Waals surface area (Å²) in [5, 5.41) is 21.8. The fraction of sp³-hybridized carbons (Fsp3) is 0.348. The lowest BCUT2D eigenvalue weighted by atomic mass is 9.98. The SMILES string of the molecule is CC(C)C[C@H](NC(=O)[C@H](C)N1C(=O)[C@@H](NC(=O)CCNC(=O)OCC2c3ccccc3-c3ccccc32)CC1C)C(=O)Nc1ccc(COC(=O)Oc2ccc([N+](=O)[O-])cc2)cc1. The number of fused-ring (bicyclic) bond motifs is 3. The quantitative estimate of drug-likeness (QED) is 0.0405. The van der Waals surface area contributed by atoms with E-state index in [0.29, 0.717) is 17.7 Å². The van der Waals surface area contributed by atoms with Gasteiger partial charge in [0.25, 0.3) is 5.69 Å². The third-order valence-electron chi connectivity index (χ3n) is 10.9. The Morgan fingerprint density at radius 3 is 2.10 bits per heavy atom. The van der Waals surface area contributed by atoms with Gasteiger partial charge in [0.1, 0.15) is 37.1 Å². The maximum absolute atomic E-state index is 13.6. The zero-order chi connectivity index (χ0) is 45.2. The molecule has 0 bridgehead atoms. The number of nitrogens with one attached hydrogen (secondary N) is 4. The molecule has 4 aromatic carbocycles. The summed E-state index contributed by atoms with van der Waals surface area (Å²) in [6, 6.07) is 24.2. The maximum atomic E-state index is 13.6. The smallest absolute Gasteiger partial charge is 0.449 e. The minimum absolute atomic E-state index is 0.0103. The molecule has 63 heavy (non-hydrogen) atoms. The first kappa shape index (κ1) is 45.2. The van der Waals surface area contributed by atoms with E-state index in [9.17, 15) is 38.9 Å². The Balaban J connectivity index is 0.929. The van der Waals surface area contributed by atoms with Gasteiger partial charge in [-0.05, 0) is 84.7 Å². The lowest BCUT2D eigenvalue weighted by molar-refractivity contribution is -0.384. The van der Waals surface area contributed by atoms with E-state index in [1.165, 1.54) is 29.2 Å². The largest absolute Gasteiger partial charge is 0.514 e. The number of rotatable bonds is 17. The Kier molecular flexibility index (Phi) is 14.7. The predicted octanol–water partition coefficient (Wildman–Crippen LogP) is 6.20. The molecule has 4 atom stereocenters. The van der Waals surface area contributed by atoms with Crippen LogP contribution in [-0.2, 0) is 35.3 Å². The molecule has 2 aliphatic rings. The molecule has 1 aliphatic carbocycles. The number of anilines is 1. The molecular weight excluding hydrogens is 813 g/mol. The number of hydrogen-bond acceptors (Lipinski definition) is 11. The molecule has 330 valence electrons. The summed E-state index contributed by atoms with van der Waals surface area (Å²) in [6.07, 6.45) is -1.19. The number of nitro groups is 1. The summed E-state index contributed by atoms with van der Waals surface area (Å²) >= 11 is 0. The van der Waals surface area contributed by atoms with Gasteiger partial charge in [-0.2, -0.15) is 0 Å². The average molecular weight is 863 g/mol. The molecule has 4 aromatic rings. The fourth-order valence-electron chi connectivity index (χ4n) is 7.78. The van der Waals surface area contributed by atoms with E-state index in [1.807, 2.05) is 62.4 Å². The topological polar surface area (TPSA) is 225 Å². The molecule has 1 saturated heterocycles. The van der Waals surface area contributed by atoms with Crippen molar-refractivity contribution in [3.63, 3.8) is 0 Å². The van der Waals surface area contributed by atoms with Crippen LogP contribution in [0, 0.1) is 16.0 Å². The van der Waals surface area contributed by atoms with Crippen LogP contribution in [0.3, 0.4) is 0 Å². The lowest BCUT2D eigenvalue weighted by Crippen LogP contribution is -2.54. The highest BCUT2D eigenvalue weighted by Crippen LogP contribution is 2.44. The first-order valence-corrected chi connectivity index (χ1v) is 20.7. The number of non-ortho nitro benzene ring substituents is 1. The Bertz CT molecular complexity index is 2290. The lowest BCUT2D eigenvalue weighted by Gasteiger charge is -2.30. The van der Waals surface area contributed by atoms with Crippen molar-refractivity contribution in [2.45, 2.75) is 83.6 Å². The zero-order valence-corrected chi connectivity index (χ0v) is 35.3. The Hall–Kier alpha value is -7.30. The highest BCUT2D eigenvalue weighted by molar-refractivity contribution is 5.99. The monoisotopic (exact) mass is 862 g/mol. The molecule has 5 amide bonds. The summed E-state index contributed by atoms with van der Waals surface area (Å²) in [6.45, 7) is 7.14. The Labute approximate surface area is 364 Å². The van der Waals surface area contributed by atoms with E-state index in [2.05, 4.69) is 21.3 Å². The van der Waals surface area contributed by atoms with E-state index in [-0.39, 0.29) is 55.9 Å². The van der Waals surface area contributed by atoms with Crippen molar-refractivity contribution in [3.8, 4) is 16.9 Å². The van der Waals surface area contributed by atoms with Crippen molar-refractivity contribution < 1.29 is 47.9 Å². The molecule has 0 aromatic heterocycles. The summed E-state index contributed by atoms with van der Waals surface area (Å²) in [4.78, 5) is 89.8. The second-order valence-corrected chi connectivity index (χ2v) is 15.9. The second-order valence-electron chi connectivity index (χ2n) is 15.9. The number of carbonyl (C=O) groups is 6. The van der Waals surface area contributed by atoms with Crippen molar-refractivity contribution in [2.75, 3.05) is 18.5 Å². The molecule has 1 heterocycles. The molecule has 0 spiro atoms. The van der Waals surface area contributed by atoms with Gasteiger partial charge in [0.05, 0.1) is 4.92 Å². The van der Waals surface area contributed by atoms with Gasteiger partial charge < -0.3 is 40.4 Å². The van der Waals surface area contributed by atoms with Gasteiger partial charge in [0.15, 0.2) is 0 Å². The molecule has 6 rings (SSSR count). The van der Waals surface area contributed by atoms with Crippen LogP contribution in [0.5, 0.6) is 5.75 Å². The summed E-state index contributed by atoms with van der Waals surface area (Å²) in [5.74, 6) is -1.90. The number of carbonyl (C=O) groups excluding carboxylic acids is 6. The maximum Gasteiger partial charge on any atom is 0.514 e. The van der Waals surface area contributed by atoms with Crippen LogP contribution in [-0.4, -0.2) is 83.0 Å². The van der Waals surface area contributed by atoms with Crippen LogP contribution in [0.4, 0.5) is 21.0 Å². The first-order chi connectivity index (χ1) is 30.2. The fourth-order valence-corrected chi connectivity index (χ4v) is 7.78. The van der Waals surface area contributed by atoms with Crippen molar-refractivity contribution in [1.82, 2.24) is 20.9 Å². The van der Waals surface area contributed by atoms with Gasteiger partial charge in [-0.15, -0.1) is 0 Å². The molecule has 4 N–H and O–H groups in total. The molecule has 1 aliphatic heterocycles. The highest BCUT2D eigenvalue weighted by atomic mass is 16.7. The molecule has 1 unspecified atom stereocenters. The van der Waals surface area contributed by atoms with Gasteiger partial charge in [-0.25, -0.2) is 9.59 Å². The van der Waals surface area contributed by atoms with Crippen molar-refractivity contribution in [2.24, 2.45) is 5.92 Å². The van der Waals surface area contributed by atoms with Crippen LogP contribution in [0.1, 0.15) is 69.6 Å². The van der Waals surface area contributed by atoms with Crippen molar-refractivity contribution >= 4 is 47.3 Å². The standard InChI is InChI=1S/C46H50N6O11/c1-27(2)23-39(43(55)48-31-15-13-30(14-16-31)25-62-46(58)63-33-19-17-32(18-20-33)52(59)60)50-42(54)29(4)51-28(3)24-40(44(51)56)49-41(53)21-22-47-45(57)61-26-38-36-11-7-5-9-34(36)35-10-6-8-12-37(35)38/h5-20,27-29,38-40H,21-26H2,1-4H3,(H,47,57)(H,48,55)(H,49,53)(H,50,54)/t28?,29-,39-,40-/m0/s1. The van der Waals surface area contributed by atoms with Crippen LogP contribution in [0.15, 0.2) is 97.1 Å². The van der Waals surface area contributed by atoms with Gasteiger partial charge >= 0.3 is 12.2 Å². The van der Waals surface area contributed by atoms with Gasteiger partial charge in [0, 0.05) is 42.7 Å². The van der Waals surface area contributed by atoms with Crippen LogP contribution in [0.25, 0.3) is 11.1 Å². The first-order valence-electron chi connectivity index (χ1n) is 20.7. The number of ether oxygens (including phenoxy) is 3. The van der Waals surface area contributed by atoms with Crippen LogP contribution in [0.2, 0.25) is 0 Å². The third kappa shape index (κ3) is 11.5. The summed E-state index contributed by atoms with van der Waals surface area (Å²) in [5.41, 5.74) is 5.24. The molecule has 17 heteroatoms. The zero-order valence-electron chi connectivity index (χ0n) is 35.3. The average Bonchev–Trinajstić information content (AvgIpc) is 3.73. The van der Waals surface area contributed by atoms with Gasteiger partial charge in [-0.3, -0.25) is 29.3 Å². The Morgan fingerprint density at radius 2 is 1.48 bits per heavy atom. The predicted molar refractivity (Wildman–Crippen MR) is 230 cm³/mol. The summed E-state index contributed by atoms with van der Waals surface area (Å²) in [7, 11) is 0. The van der Waals surface area contributed by atoms with Crippen LogP contribution >= 0.6 is 0 Å². The second kappa shape index (κ2) is 20.5. The number of nitro benzene ring substituents is 1. The third-order valence-corrected chi connectivity index (χ3v) is 10.9. The molecule has 0 radical (unpaired) electrons. The molecule has 1 fully saturated rings. The minimum atomic E-state index is -1.01. The number of alkyl carbamates (subject to hydrolysis) is 1. The number of nitrogens with zero attached hydrogens (tertiary/aromatic N) is 2. The minimum Gasteiger partial charge on any atom is -0.449 e.